The number of alkyl halides is 1. The van der Waals surface area contributed by atoms with Crippen LogP contribution in [0, 0.1) is 6.92 Å². The van der Waals surface area contributed by atoms with Crippen LogP contribution >= 0.6 is 11.6 Å². The van der Waals surface area contributed by atoms with Gasteiger partial charge in [-0.2, -0.15) is 5.10 Å². The van der Waals surface area contributed by atoms with Crippen LogP contribution < -0.4 is 0 Å². The van der Waals surface area contributed by atoms with Crippen LogP contribution in [-0.4, -0.2) is 39.1 Å². The van der Waals surface area contributed by atoms with E-state index >= 15 is 0 Å². The number of hydrogen-bond donors (Lipinski definition) is 0. The van der Waals surface area contributed by atoms with Gasteiger partial charge in [-0.3, -0.25) is 9.48 Å². The Morgan fingerprint density at radius 2 is 2.12 bits per heavy atom. The quantitative estimate of drug-likeness (QED) is 0.700. The molecule has 0 unspecified atom stereocenters. The van der Waals surface area contributed by atoms with Crippen LogP contribution in [0.25, 0.3) is 0 Å². The lowest BCUT2D eigenvalue weighted by molar-refractivity contribution is 0.0715. The van der Waals surface area contributed by atoms with E-state index < -0.39 is 0 Å². The number of halogens is 1. The smallest absolute Gasteiger partial charge is 0.272 e. The second-order valence-corrected chi connectivity index (χ2v) is 4.88. The van der Waals surface area contributed by atoms with Crippen LogP contribution in [0.2, 0.25) is 0 Å². The highest BCUT2D eigenvalue weighted by molar-refractivity contribution is 6.20. The van der Waals surface area contributed by atoms with Crippen molar-refractivity contribution in [3.05, 3.63) is 17.5 Å². The monoisotopic (exact) mass is 241 g/mol. The zero-order chi connectivity index (χ0) is 11.7. The minimum absolute atomic E-state index is 0.0617. The third kappa shape index (κ3) is 2.21. The molecule has 5 heteroatoms. The minimum atomic E-state index is 0.0617. The van der Waals surface area contributed by atoms with Crippen molar-refractivity contribution in [1.29, 1.82) is 0 Å². The van der Waals surface area contributed by atoms with E-state index in [-0.39, 0.29) is 11.3 Å². The summed E-state index contributed by atoms with van der Waals surface area (Å²) in [5.41, 5.74) is 1.53. The summed E-state index contributed by atoms with van der Waals surface area (Å²) in [6.07, 6.45) is 1.76. The first-order valence-corrected chi connectivity index (χ1v) is 5.95. The Balaban J connectivity index is 2.10. The molecule has 2 rings (SSSR count). The first-order valence-electron chi connectivity index (χ1n) is 5.52. The van der Waals surface area contributed by atoms with E-state index in [1.807, 2.05) is 17.9 Å². The summed E-state index contributed by atoms with van der Waals surface area (Å²) >= 11 is 6.01. The molecule has 0 radical (unpaired) electrons. The molecule has 0 aliphatic carbocycles. The van der Waals surface area contributed by atoms with Crippen molar-refractivity contribution in [1.82, 2.24) is 14.7 Å². The Morgan fingerprint density at radius 3 is 2.62 bits per heavy atom. The first-order chi connectivity index (χ1) is 7.58. The number of likely N-dealkylation sites (tertiary alicyclic amines) is 1. The fourth-order valence-corrected chi connectivity index (χ4v) is 2.22. The molecule has 2 heterocycles. The Hall–Kier alpha value is -1.03. The van der Waals surface area contributed by atoms with Gasteiger partial charge in [0.15, 0.2) is 0 Å². The zero-order valence-electron chi connectivity index (χ0n) is 9.61. The van der Waals surface area contributed by atoms with E-state index in [0.29, 0.717) is 5.69 Å². The number of carbonyl (C=O) groups is 1. The van der Waals surface area contributed by atoms with Crippen molar-refractivity contribution in [2.75, 3.05) is 13.1 Å². The molecule has 0 bridgehead atoms. The van der Waals surface area contributed by atoms with Crippen LogP contribution in [0.4, 0.5) is 0 Å². The van der Waals surface area contributed by atoms with Gasteiger partial charge in [0.2, 0.25) is 0 Å². The fourth-order valence-electron chi connectivity index (χ4n) is 2.02. The molecule has 1 amide bonds. The van der Waals surface area contributed by atoms with Gasteiger partial charge < -0.3 is 4.90 Å². The highest BCUT2D eigenvalue weighted by atomic mass is 35.5. The van der Waals surface area contributed by atoms with Crippen molar-refractivity contribution in [3.8, 4) is 0 Å². The van der Waals surface area contributed by atoms with E-state index in [4.69, 9.17) is 11.6 Å². The number of piperidine rings is 1. The van der Waals surface area contributed by atoms with Crippen LogP contribution in [0.5, 0.6) is 0 Å². The topological polar surface area (TPSA) is 38.1 Å². The summed E-state index contributed by atoms with van der Waals surface area (Å²) in [6, 6.07) is 1.83. The summed E-state index contributed by atoms with van der Waals surface area (Å²) in [5, 5.41) is 4.40. The predicted molar refractivity (Wildman–Crippen MR) is 62.7 cm³/mol. The van der Waals surface area contributed by atoms with Crippen LogP contribution in [-0.2, 0) is 7.05 Å². The van der Waals surface area contributed by atoms with Gasteiger partial charge in [0.25, 0.3) is 5.91 Å². The largest absolute Gasteiger partial charge is 0.337 e. The normalized spacial score (nSPS) is 17.8. The molecule has 1 aliphatic heterocycles. The van der Waals surface area contributed by atoms with Gasteiger partial charge in [-0.1, -0.05) is 0 Å². The number of aromatic nitrogens is 2. The van der Waals surface area contributed by atoms with E-state index in [1.165, 1.54) is 0 Å². The van der Waals surface area contributed by atoms with Gasteiger partial charge in [-0.15, -0.1) is 11.6 Å². The number of aryl methyl sites for hydroxylation is 2. The van der Waals surface area contributed by atoms with Gasteiger partial charge in [0.05, 0.1) is 5.69 Å². The van der Waals surface area contributed by atoms with Gasteiger partial charge in [0.1, 0.15) is 5.69 Å². The summed E-state index contributed by atoms with van der Waals surface area (Å²) < 4.78 is 1.64. The summed E-state index contributed by atoms with van der Waals surface area (Å²) in [4.78, 5) is 14.0. The van der Waals surface area contributed by atoms with Crippen LogP contribution in [0.1, 0.15) is 29.0 Å². The molecular weight excluding hydrogens is 226 g/mol. The molecule has 0 spiro atoms. The maximum atomic E-state index is 12.2. The lowest BCUT2D eigenvalue weighted by atomic mass is 10.1. The summed E-state index contributed by atoms with van der Waals surface area (Å²) in [5.74, 6) is 0.0617. The predicted octanol–water partition coefficient (Wildman–Crippen LogP) is 1.57. The highest BCUT2D eigenvalue weighted by Gasteiger charge is 2.24. The number of nitrogens with zero attached hydrogens (tertiary/aromatic N) is 3. The lowest BCUT2D eigenvalue weighted by Gasteiger charge is -2.29. The van der Waals surface area contributed by atoms with Crippen molar-refractivity contribution < 1.29 is 4.79 Å². The Bertz CT molecular complexity index is 394. The van der Waals surface area contributed by atoms with E-state index in [0.717, 1.165) is 31.6 Å². The Kier molecular flexibility index (Phi) is 3.19. The zero-order valence-corrected chi connectivity index (χ0v) is 10.4. The average molecular weight is 242 g/mol. The summed E-state index contributed by atoms with van der Waals surface area (Å²) in [7, 11) is 1.80. The Labute approximate surface area is 100 Å². The molecule has 88 valence electrons. The van der Waals surface area contributed by atoms with Crippen LogP contribution in [0.3, 0.4) is 0 Å². The number of rotatable bonds is 1. The molecule has 0 saturated carbocycles. The number of hydrogen-bond acceptors (Lipinski definition) is 2. The van der Waals surface area contributed by atoms with Gasteiger partial charge >= 0.3 is 0 Å². The van der Waals surface area contributed by atoms with E-state index in [1.54, 1.807) is 11.7 Å². The second-order valence-electron chi connectivity index (χ2n) is 4.26. The number of amides is 1. The van der Waals surface area contributed by atoms with Crippen molar-refractivity contribution in [2.24, 2.45) is 7.05 Å². The third-order valence-electron chi connectivity index (χ3n) is 2.93. The SMILES string of the molecule is Cc1cc(C(=O)N2CCC(Cl)CC2)n(C)n1. The molecule has 0 atom stereocenters. The molecule has 0 aromatic carbocycles. The second kappa shape index (κ2) is 4.45. The Morgan fingerprint density at radius 1 is 1.50 bits per heavy atom. The molecule has 16 heavy (non-hydrogen) atoms. The summed E-state index contributed by atoms with van der Waals surface area (Å²) in [6.45, 7) is 3.39. The lowest BCUT2D eigenvalue weighted by Crippen LogP contribution is -2.39. The van der Waals surface area contributed by atoms with Gasteiger partial charge in [-0.25, -0.2) is 0 Å². The maximum absolute atomic E-state index is 12.2. The molecular formula is C11H16ClN3O. The van der Waals surface area contributed by atoms with Crippen molar-refractivity contribution in [3.63, 3.8) is 0 Å². The fraction of sp³-hybridized carbons (Fsp3) is 0.636. The average Bonchev–Trinajstić information content (AvgIpc) is 2.58. The minimum Gasteiger partial charge on any atom is -0.337 e. The maximum Gasteiger partial charge on any atom is 0.272 e. The van der Waals surface area contributed by atoms with Crippen molar-refractivity contribution in [2.45, 2.75) is 25.1 Å². The molecule has 4 nitrogen and oxygen atoms in total. The number of carbonyl (C=O) groups excluding carboxylic acids is 1. The van der Waals surface area contributed by atoms with E-state index in [9.17, 15) is 4.79 Å². The van der Waals surface area contributed by atoms with Gasteiger partial charge in [0, 0.05) is 25.5 Å². The molecule has 1 aromatic heterocycles. The van der Waals surface area contributed by atoms with Crippen molar-refractivity contribution >= 4 is 17.5 Å². The van der Waals surface area contributed by atoms with Crippen LogP contribution in [0.15, 0.2) is 6.07 Å². The van der Waals surface area contributed by atoms with Gasteiger partial charge in [-0.05, 0) is 25.8 Å². The van der Waals surface area contributed by atoms with E-state index in [2.05, 4.69) is 5.10 Å². The first kappa shape index (κ1) is 11.5. The molecule has 1 aromatic rings. The molecule has 1 saturated heterocycles. The standard InChI is InChI=1S/C11H16ClN3O/c1-8-7-10(14(2)13-8)11(16)15-5-3-9(12)4-6-15/h7,9H,3-6H2,1-2H3. The third-order valence-corrected chi connectivity index (χ3v) is 3.37. The molecule has 1 aliphatic rings. The molecule has 1 fully saturated rings. The highest BCUT2D eigenvalue weighted by Crippen LogP contribution is 2.17. The molecule has 0 N–H and O–H groups in total.